The molecule has 3 aromatic rings. The number of fused-ring (bicyclic) bond motifs is 1. The molecule has 1 saturated heterocycles. The number of amides is 1. The molecule has 1 aliphatic rings. The summed E-state index contributed by atoms with van der Waals surface area (Å²) >= 11 is 0. The van der Waals surface area contributed by atoms with E-state index in [1.165, 1.54) is 13.2 Å². The molecule has 0 bridgehead atoms. The van der Waals surface area contributed by atoms with E-state index in [1.54, 1.807) is 12.1 Å². The molecule has 0 aliphatic carbocycles. The number of rotatable bonds is 4. The number of nitrogens with zero attached hydrogens (tertiary/aromatic N) is 2. The van der Waals surface area contributed by atoms with Crippen LogP contribution in [0.2, 0.25) is 0 Å². The van der Waals surface area contributed by atoms with Crippen molar-refractivity contribution in [2.45, 2.75) is 6.54 Å². The van der Waals surface area contributed by atoms with Gasteiger partial charge in [0.2, 0.25) is 0 Å². The number of benzene rings is 2. The van der Waals surface area contributed by atoms with Crippen LogP contribution in [-0.4, -0.2) is 49.0 Å². The summed E-state index contributed by atoms with van der Waals surface area (Å²) in [6, 6.07) is 14.4. The molecule has 2 heterocycles. The summed E-state index contributed by atoms with van der Waals surface area (Å²) in [5, 5.41) is 0.931. The van der Waals surface area contributed by atoms with Crippen LogP contribution in [0.15, 0.2) is 52.9 Å². The first-order valence-corrected chi connectivity index (χ1v) is 8.96. The van der Waals surface area contributed by atoms with Crippen molar-refractivity contribution in [2.24, 2.45) is 0 Å². The lowest BCUT2D eigenvalue weighted by atomic mass is 10.1. The van der Waals surface area contributed by atoms with Gasteiger partial charge in [-0.2, -0.15) is 0 Å². The second-order valence-electron chi connectivity index (χ2n) is 6.69. The van der Waals surface area contributed by atoms with Crippen LogP contribution in [0.5, 0.6) is 5.75 Å². The number of hydrogen-bond acceptors (Lipinski definition) is 4. The Bertz CT molecular complexity index is 928. The number of halogens is 1. The predicted octanol–water partition coefficient (Wildman–Crippen LogP) is 3.54. The van der Waals surface area contributed by atoms with Gasteiger partial charge in [0.1, 0.15) is 5.58 Å². The standard InChI is InChI=1S/C21H21FN2O3/c1-26-19-7-6-15(12-17(19)22)14-23-8-10-24(11-9-23)21(25)20-13-16-4-2-3-5-18(16)27-20/h2-7,12-13H,8-11,14H2,1H3. The van der Waals surface area contributed by atoms with E-state index in [2.05, 4.69) is 4.90 Å². The van der Waals surface area contributed by atoms with Gasteiger partial charge in [0, 0.05) is 38.1 Å². The quantitative estimate of drug-likeness (QED) is 0.707. The van der Waals surface area contributed by atoms with Gasteiger partial charge in [-0.15, -0.1) is 0 Å². The fourth-order valence-corrected chi connectivity index (χ4v) is 3.42. The third kappa shape index (κ3) is 3.66. The SMILES string of the molecule is COc1ccc(CN2CCN(C(=O)c3cc4ccccc4o3)CC2)cc1F. The minimum Gasteiger partial charge on any atom is -0.494 e. The molecule has 1 fully saturated rings. The molecule has 0 saturated carbocycles. The van der Waals surface area contributed by atoms with Crippen LogP contribution in [0.4, 0.5) is 4.39 Å². The van der Waals surface area contributed by atoms with Gasteiger partial charge in [-0.1, -0.05) is 24.3 Å². The van der Waals surface area contributed by atoms with Crippen molar-refractivity contribution in [3.8, 4) is 5.75 Å². The zero-order chi connectivity index (χ0) is 18.8. The maximum atomic E-state index is 13.8. The van der Waals surface area contributed by atoms with Crippen LogP contribution < -0.4 is 4.74 Å². The largest absolute Gasteiger partial charge is 0.494 e. The second kappa shape index (κ2) is 7.40. The molecule has 0 atom stereocenters. The number of furan rings is 1. The molecule has 5 nitrogen and oxygen atoms in total. The number of hydrogen-bond donors (Lipinski definition) is 0. The van der Waals surface area contributed by atoms with Gasteiger partial charge in [0.15, 0.2) is 17.3 Å². The number of carbonyl (C=O) groups is 1. The zero-order valence-electron chi connectivity index (χ0n) is 15.2. The number of methoxy groups -OCH3 is 1. The number of para-hydroxylation sites is 1. The lowest BCUT2D eigenvalue weighted by Crippen LogP contribution is -2.48. The normalized spacial score (nSPS) is 15.3. The van der Waals surface area contributed by atoms with Crippen LogP contribution in [0.25, 0.3) is 11.0 Å². The van der Waals surface area contributed by atoms with Crippen LogP contribution in [0.1, 0.15) is 16.1 Å². The van der Waals surface area contributed by atoms with Gasteiger partial charge in [-0.25, -0.2) is 4.39 Å². The van der Waals surface area contributed by atoms with Gasteiger partial charge < -0.3 is 14.1 Å². The average Bonchev–Trinajstić information content (AvgIpc) is 3.12. The maximum Gasteiger partial charge on any atom is 0.289 e. The van der Waals surface area contributed by atoms with Crippen molar-refractivity contribution >= 4 is 16.9 Å². The van der Waals surface area contributed by atoms with E-state index in [1.807, 2.05) is 35.2 Å². The third-order valence-electron chi connectivity index (χ3n) is 4.92. The third-order valence-corrected chi connectivity index (χ3v) is 4.92. The Kier molecular flexibility index (Phi) is 4.81. The molecule has 1 aromatic heterocycles. The summed E-state index contributed by atoms with van der Waals surface area (Å²) in [5.41, 5.74) is 1.62. The van der Waals surface area contributed by atoms with E-state index in [4.69, 9.17) is 9.15 Å². The minimum absolute atomic E-state index is 0.0821. The minimum atomic E-state index is -0.353. The van der Waals surface area contributed by atoms with E-state index in [0.29, 0.717) is 25.4 Å². The molecule has 0 unspecified atom stereocenters. The zero-order valence-corrected chi connectivity index (χ0v) is 15.2. The molecule has 140 valence electrons. The summed E-state index contributed by atoms with van der Waals surface area (Å²) in [4.78, 5) is 16.7. The molecule has 1 amide bonds. The highest BCUT2D eigenvalue weighted by Crippen LogP contribution is 2.22. The van der Waals surface area contributed by atoms with Crippen LogP contribution >= 0.6 is 0 Å². The first-order chi connectivity index (χ1) is 13.1. The molecule has 4 rings (SSSR count). The molecule has 2 aromatic carbocycles. The highest BCUT2D eigenvalue weighted by Gasteiger charge is 2.24. The van der Waals surface area contributed by atoms with Crippen LogP contribution in [0.3, 0.4) is 0 Å². The van der Waals surface area contributed by atoms with Gasteiger partial charge in [0.05, 0.1) is 7.11 Å². The fraction of sp³-hybridized carbons (Fsp3) is 0.286. The van der Waals surface area contributed by atoms with E-state index in [-0.39, 0.29) is 17.5 Å². The monoisotopic (exact) mass is 368 g/mol. The molecule has 1 aliphatic heterocycles. The average molecular weight is 368 g/mol. The number of ether oxygens (including phenoxy) is 1. The topological polar surface area (TPSA) is 45.9 Å². The Labute approximate surface area is 156 Å². The Morgan fingerprint density at radius 2 is 1.89 bits per heavy atom. The van der Waals surface area contributed by atoms with Crippen LogP contribution in [0, 0.1) is 5.82 Å². The first-order valence-electron chi connectivity index (χ1n) is 8.96. The molecule has 6 heteroatoms. The van der Waals surface area contributed by atoms with Gasteiger partial charge in [0.25, 0.3) is 5.91 Å². The first kappa shape index (κ1) is 17.5. The van der Waals surface area contributed by atoms with E-state index < -0.39 is 0 Å². The highest BCUT2D eigenvalue weighted by atomic mass is 19.1. The van der Waals surface area contributed by atoms with E-state index in [9.17, 15) is 9.18 Å². The van der Waals surface area contributed by atoms with Crippen molar-refractivity contribution in [1.29, 1.82) is 0 Å². The number of carbonyl (C=O) groups excluding carboxylic acids is 1. The van der Waals surface area contributed by atoms with E-state index in [0.717, 1.165) is 29.6 Å². The molecule has 0 N–H and O–H groups in total. The van der Waals surface area contributed by atoms with Gasteiger partial charge in [-0.3, -0.25) is 9.69 Å². The Balaban J connectivity index is 1.37. The summed E-state index contributed by atoms with van der Waals surface area (Å²) in [6.45, 7) is 3.36. The number of piperazine rings is 1. The highest BCUT2D eigenvalue weighted by molar-refractivity contribution is 5.96. The molecule has 0 radical (unpaired) electrons. The summed E-state index contributed by atoms with van der Waals surface area (Å²) < 4.78 is 24.5. The van der Waals surface area contributed by atoms with Crippen molar-refractivity contribution in [1.82, 2.24) is 9.80 Å². The smallest absolute Gasteiger partial charge is 0.289 e. The van der Waals surface area contributed by atoms with Crippen molar-refractivity contribution in [3.63, 3.8) is 0 Å². The van der Waals surface area contributed by atoms with Crippen LogP contribution in [-0.2, 0) is 6.54 Å². The molecule has 27 heavy (non-hydrogen) atoms. The maximum absolute atomic E-state index is 13.8. The van der Waals surface area contributed by atoms with Gasteiger partial charge >= 0.3 is 0 Å². The molecule has 0 spiro atoms. The Hall–Kier alpha value is -2.86. The predicted molar refractivity (Wildman–Crippen MR) is 100 cm³/mol. The molecular weight excluding hydrogens is 347 g/mol. The Morgan fingerprint density at radius 3 is 2.59 bits per heavy atom. The lowest BCUT2D eigenvalue weighted by molar-refractivity contribution is 0.0600. The summed E-state index contributed by atoms with van der Waals surface area (Å²) in [5.74, 6) is 0.192. The van der Waals surface area contributed by atoms with Crippen molar-refractivity contribution in [2.75, 3.05) is 33.3 Å². The van der Waals surface area contributed by atoms with Crippen molar-refractivity contribution in [3.05, 3.63) is 65.7 Å². The summed E-state index contributed by atoms with van der Waals surface area (Å²) in [7, 11) is 1.45. The summed E-state index contributed by atoms with van der Waals surface area (Å²) in [6.07, 6.45) is 0. The van der Waals surface area contributed by atoms with Crippen molar-refractivity contribution < 1.29 is 18.3 Å². The van der Waals surface area contributed by atoms with Gasteiger partial charge in [-0.05, 0) is 29.8 Å². The lowest BCUT2D eigenvalue weighted by Gasteiger charge is -2.34. The Morgan fingerprint density at radius 1 is 1.11 bits per heavy atom. The fourth-order valence-electron chi connectivity index (χ4n) is 3.42. The second-order valence-corrected chi connectivity index (χ2v) is 6.69. The van der Waals surface area contributed by atoms with E-state index >= 15 is 0 Å². The molecular formula is C21H21FN2O3.